The first kappa shape index (κ1) is 15.7. The molecule has 5 heteroatoms. The molecule has 0 N–H and O–H groups in total. The lowest BCUT2D eigenvalue weighted by Gasteiger charge is -2.25. The molecule has 4 nitrogen and oxygen atoms in total. The van der Waals surface area contributed by atoms with Crippen LogP contribution in [0.25, 0.3) is 0 Å². The summed E-state index contributed by atoms with van der Waals surface area (Å²) >= 11 is 0. The third kappa shape index (κ3) is 3.14. The molecular formula is C18H22FN3O. The maximum absolute atomic E-state index is 13.1. The number of hydrogen-bond acceptors (Lipinski definition) is 2. The first-order chi connectivity index (χ1) is 11.1. The van der Waals surface area contributed by atoms with Crippen LogP contribution in [0.1, 0.15) is 53.8 Å². The molecule has 23 heavy (non-hydrogen) atoms. The number of carbonyl (C=O) groups is 1. The molecule has 0 bridgehead atoms. The van der Waals surface area contributed by atoms with E-state index >= 15 is 0 Å². The number of benzene rings is 1. The summed E-state index contributed by atoms with van der Waals surface area (Å²) in [5.41, 5.74) is 2.44. The van der Waals surface area contributed by atoms with Crippen LogP contribution in [0.3, 0.4) is 0 Å². The zero-order chi connectivity index (χ0) is 16.4. The summed E-state index contributed by atoms with van der Waals surface area (Å²) in [5, 5.41) is 4.42. The number of rotatable bonds is 4. The first-order valence-electron chi connectivity index (χ1n) is 8.20. The van der Waals surface area contributed by atoms with Crippen LogP contribution >= 0.6 is 0 Å². The van der Waals surface area contributed by atoms with Gasteiger partial charge in [-0.15, -0.1) is 0 Å². The average molecular weight is 315 g/mol. The van der Waals surface area contributed by atoms with Crippen molar-refractivity contribution in [2.45, 2.75) is 45.7 Å². The quantitative estimate of drug-likeness (QED) is 0.862. The van der Waals surface area contributed by atoms with Crippen LogP contribution in [0, 0.1) is 12.7 Å². The van der Waals surface area contributed by atoms with Gasteiger partial charge in [-0.2, -0.15) is 5.10 Å². The van der Waals surface area contributed by atoms with E-state index in [9.17, 15) is 9.18 Å². The largest absolute Gasteiger partial charge is 0.331 e. The molecule has 0 radical (unpaired) electrons. The Morgan fingerprint density at radius 3 is 2.78 bits per heavy atom. The molecule has 3 rings (SSSR count). The molecule has 0 spiro atoms. The Labute approximate surface area is 135 Å². The van der Waals surface area contributed by atoms with Crippen molar-refractivity contribution < 1.29 is 9.18 Å². The topological polar surface area (TPSA) is 38.1 Å². The molecular weight excluding hydrogens is 293 g/mol. The van der Waals surface area contributed by atoms with Crippen molar-refractivity contribution in [2.24, 2.45) is 0 Å². The van der Waals surface area contributed by atoms with Gasteiger partial charge in [0.05, 0.1) is 17.3 Å². The normalized spacial score (nSPS) is 17.7. The van der Waals surface area contributed by atoms with E-state index in [-0.39, 0.29) is 17.8 Å². The fraction of sp³-hybridized carbons (Fsp3) is 0.444. The van der Waals surface area contributed by atoms with Crippen LogP contribution in [0.5, 0.6) is 0 Å². The number of aromatic nitrogens is 2. The molecule has 1 aromatic carbocycles. The zero-order valence-corrected chi connectivity index (χ0v) is 13.6. The van der Waals surface area contributed by atoms with Gasteiger partial charge >= 0.3 is 0 Å². The maximum atomic E-state index is 13.1. The Bertz CT molecular complexity index is 693. The smallest absolute Gasteiger partial charge is 0.257 e. The van der Waals surface area contributed by atoms with E-state index in [2.05, 4.69) is 12.0 Å². The molecule has 1 fully saturated rings. The Balaban J connectivity index is 1.84. The molecule has 0 unspecified atom stereocenters. The highest BCUT2D eigenvalue weighted by Crippen LogP contribution is 2.33. The molecule has 122 valence electrons. The van der Waals surface area contributed by atoms with Gasteiger partial charge in [0.15, 0.2) is 0 Å². The molecule has 1 atom stereocenters. The number of nitrogens with zero attached hydrogens (tertiary/aromatic N) is 3. The summed E-state index contributed by atoms with van der Waals surface area (Å²) in [6.45, 7) is 5.51. The van der Waals surface area contributed by atoms with Crippen molar-refractivity contribution in [1.82, 2.24) is 14.7 Å². The van der Waals surface area contributed by atoms with E-state index in [1.165, 1.54) is 12.1 Å². The molecule has 2 heterocycles. The van der Waals surface area contributed by atoms with Crippen molar-refractivity contribution in [2.75, 3.05) is 6.54 Å². The van der Waals surface area contributed by atoms with Crippen molar-refractivity contribution in [3.8, 4) is 0 Å². The molecule has 0 saturated carbocycles. The van der Waals surface area contributed by atoms with Crippen molar-refractivity contribution in [3.05, 3.63) is 53.1 Å². The molecule has 1 saturated heterocycles. The van der Waals surface area contributed by atoms with Gasteiger partial charge in [-0.05, 0) is 43.9 Å². The fourth-order valence-corrected chi connectivity index (χ4v) is 3.27. The molecule has 0 aliphatic carbocycles. The van der Waals surface area contributed by atoms with Crippen molar-refractivity contribution in [3.63, 3.8) is 0 Å². The monoisotopic (exact) mass is 315 g/mol. The summed E-state index contributed by atoms with van der Waals surface area (Å²) in [6.07, 6.45) is 4.72. The highest BCUT2D eigenvalue weighted by atomic mass is 19.1. The summed E-state index contributed by atoms with van der Waals surface area (Å²) in [4.78, 5) is 14.8. The number of halogens is 1. The fourth-order valence-electron chi connectivity index (χ4n) is 3.27. The van der Waals surface area contributed by atoms with Crippen LogP contribution < -0.4 is 0 Å². The first-order valence-corrected chi connectivity index (χ1v) is 8.20. The summed E-state index contributed by atoms with van der Waals surface area (Å²) in [6, 6.07) is 6.50. The molecule has 1 aromatic heterocycles. The van der Waals surface area contributed by atoms with Crippen LogP contribution in [0.2, 0.25) is 0 Å². The summed E-state index contributed by atoms with van der Waals surface area (Å²) in [5.74, 6) is -0.224. The van der Waals surface area contributed by atoms with Gasteiger partial charge < -0.3 is 4.90 Å². The lowest BCUT2D eigenvalue weighted by atomic mass is 10.0. The summed E-state index contributed by atoms with van der Waals surface area (Å²) < 4.78 is 15.0. The second kappa shape index (κ2) is 6.52. The molecule has 1 aliphatic rings. The number of carbonyl (C=O) groups excluding carboxylic acids is 1. The standard InChI is InChI=1S/C18H22FN3O/c1-3-10-21-12-16(13(2)20-21)18(23)22-11-4-5-17(22)14-6-8-15(19)9-7-14/h6-9,12,17H,3-5,10-11H2,1-2H3/t17-/m0/s1. The zero-order valence-electron chi connectivity index (χ0n) is 13.6. The minimum Gasteiger partial charge on any atom is -0.331 e. The van der Waals surface area contributed by atoms with Crippen LogP contribution in [0.4, 0.5) is 4.39 Å². The second-order valence-electron chi connectivity index (χ2n) is 6.10. The van der Waals surface area contributed by atoms with Gasteiger partial charge in [0.2, 0.25) is 0 Å². The van der Waals surface area contributed by atoms with Gasteiger partial charge in [-0.1, -0.05) is 19.1 Å². The molecule has 1 aliphatic heterocycles. The molecule has 1 amide bonds. The predicted molar refractivity (Wildman–Crippen MR) is 86.7 cm³/mol. The van der Waals surface area contributed by atoms with Gasteiger partial charge in [0.25, 0.3) is 5.91 Å². The number of hydrogen-bond donors (Lipinski definition) is 0. The predicted octanol–water partition coefficient (Wildman–Crippen LogP) is 3.72. The second-order valence-corrected chi connectivity index (χ2v) is 6.10. The van der Waals surface area contributed by atoms with E-state index in [4.69, 9.17) is 0 Å². The van der Waals surface area contributed by atoms with Crippen LogP contribution in [0.15, 0.2) is 30.5 Å². The Hall–Kier alpha value is -2.17. The maximum Gasteiger partial charge on any atom is 0.257 e. The van der Waals surface area contributed by atoms with E-state index < -0.39 is 0 Å². The highest BCUT2D eigenvalue weighted by Gasteiger charge is 2.32. The Kier molecular flexibility index (Phi) is 4.46. The number of aryl methyl sites for hydroxylation is 2. The van der Waals surface area contributed by atoms with Gasteiger partial charge in [0.1, 0.15) is 5.82 Å². The highest BCUT2D eigenvalue weighted by molar-refractivity contribution is 5.95. The third-order valence-electron chi connectivity index (χ3n) is 4.40. The average Bonchev–Trinajstić information content (AvgIpc) is 3.15. The Morgan fingerprint density at radius 1 is 1.35 bits per heavy atom. The minimum atomic E-state index is -0.249. The lowest BCUT2D eigenvalue weighted by molar-refractivity contribution is 0.0735. The van der Waals surface area contributed by atoms with Gasteiger partial charge in [0, 0.05) is 19.3 Å². The molecule has 2 aromatic rings. The number of amides is 1. The van der Waals surface area contributed by atoms with Crippen molar-refractivity contribution >= 4 is 5.91 Å². The summed E-state index contributed by atoms with van der Waals surface area (Å²) in [7, 11) is 0. The minimum absolute atomic E-state index is 0.0247. The van der Waals surface area contributed by atoms with Crippen LogP contribution in [-0.4, -0.2) is 27.1 Å². The Morgan fingerprint density at radius 2 is 2.09 bits per heavy atom. The number of likely N-dealkylation sites (tertiary alicyclic amines) is 1. The van der Waals surface area contributed by atoms with Crippen molar-refractivity contribution in [1.29, 1.82) is 0 Å². The lowest BCUT2D eigenvalue weighted by Crippen LogP contribution is -2.30. The SMILES string of the molecule is CCCn1cc(C(=O)N2CCC[C@H]2c2ccc(F)cc2)c(C)n1. The van der Waals surface area contributed by atoms with E-state index in [1.54, 1.807) is 12.1 Å². The van der Waals surface area contributed by atoms with Gasteiger partial charge in [-0.3, -0.25) is 9.48 Å². The van der Waals surface area contributed by atoms with E-state index in [1.807, 2.05) is 22.7 Å². The van der Waals surface area contributed by atoms with Crippen LogP contribution in [-0.2, 0) is 6.54 Å². The van der Waals surface area contributed by atoms with E-state index in [0.717, 1.165) is 43.6 Å². The third-order valence-corrected chi connectivity index (χ3v) is 4.40. The van der Waals surface area contributed by atoms with E-state index in [0.29, 0.717) is 5.56 Å². The van der Waals surface area contributed by atoms with Gasteiger partial charge in [-0.25, -0.2) is 4.39 Å².